The van der Waals surface area contributed by atoms with Crippen molar-refractivity contribution in [3.05, 3.63) is 157 Å². The quantitative estimate of drug-likeness (QED) is 0.189. The zero-order chi connectivity index (χ0) is 30.2. The van der Waals surface area contributed by atoms with Gasteiger partial charge in [0.05, 0.1) is 22.1 Å². The Hall–Kier alpha value is -5.93. The second-order valence-corrected chi connectivity index (χ2v) is 12.3. The van der Waals surface area contributed by atoms with Crippen LogP contribution in [0.4, 0.5) is 0 Å². The Bertz CT molecular complexity index is 2670. The SMILES string of the molecule is C1=Cc2c(c3ccccc3c3ccc4c5cc(-c6nc7ccccc7n6-c6ccccc6)ccc5n(-c5ccccc5)c4c23)CC1. The molecule has 3 heteroatoms. The maximum atomic E-state index is 5.20. The lowest BCUT2D eigenvalue weighted by molar-refractivity contribution is 1.00. The molecule has 0 saturated heterocycles. The molecule has 3 nitrogen and oxygen atoms in total. The highest BCUT2D eigenvalue weighted by Gasteiger charge is 2.23. The molecule has 2 aromatic heterocycles. The smallest absolute Gasteiger partial charge is 0.145 e. The van der Waals surface area contributed by atoms with Crippen LogP contribution in [0.25, 0.3) is 83.2 Å². The minimum Gasteiger partial charge on any atom is -0.309 e. The highest BCUT2D eigenvalue weighted by Crippen LogP contribution is 2.44. The molecule has 2 heterocycles. The van der Waals surface area contributed by atoms with Crippen molar-refractivity contribution >= 4 is 60.5 Å². The third kappa shape index (κ3) is 3.57. The van der Waals surface area contributed by atoms with Crippen molar-refractivity contribution in [2.75, 3.05) is 0 Å². The highest BCUT2D eigenvalue weighted by molar-refractivity contribution is 6.26. The van der Waals surface area contributed by atoms with Crippen LogP contribution in [0.15, 0.2) is 146 Å². The highest BCUT2D eigenvalue weighted by atomic mass is 15.1. The molecule has 0 fully saturated rings. The topological polar surface area (TPSA) is 22.8 Å². The molecule has 216 valence electrons. The Kier molecular flexibility index (Phi) is 5.40. The molecule has 1 aliphatic rings. The zero-order valence-electron chi connectivity index (χ0n) is 25.2. The molecule has 10 rings (SSSR count). The van der Waals surface area contributed by atoms with Crippen molar-refractivity contribution in [3.63, 3.8) is 0 Å². The predicted molar refractivity (Wildman–Crippen MR) is 193 cm³/mol. The van der Waals surface area contributed by atoms with Gasteiger partial charge in [0, 0.05) is 33.1 Å². The van der Waals surface area contributed by atoms with Gasteiger partial charge in [0.1, 0.15) is 5.82 Å². The van der Waals surface area contributed by atoms with Gasteiger partial charge in [-0.2, -0.15) is 0 Å². The summed E-state index contributed by atoms with van der Waals surface area (Å²) in [5.41, 5.74) is 10.7. The minimum atomic E-state index is 0.946. The summed E-state index contributed by atoms with van der Waals surface area (Å²) in [5, 5.41) is 7.83. The number of aromatic nitrogens is 3. The lowest BCUT2D eigenvalue weighted by Crippen LogP contribution is -2.00. The van der Waals surface area contributed by atoms with Crippen molar-refractivity contribution in [2.24, 2.45) is 0 Å². The van der Waals surface area contributed by atoms with Gasteiger partial charge in [-0.3, -0.25) is 4.57 Å². The molecule has 1 aliphatic carbocycles. The van der Waals surface area contributed by atoms with E-state index in [4.69, 9.17) is 4.98 Å². The first-order chi connectivity index (χ1) is 22.8. The van der Waals surface area contributed by atoms with Crippen molar-refractivity contribution in [1.82, 2.24) is 14.1 Å². The summed E-state index contributed by atoms with van der Waals surface area (Å²) in [6.45, 7) is 0. The van der Waals surface area contributed by atoms with Gasteiger partial charge in [-0.15, -0.1) is 0 Å². The molecule has 0 aliphatic heterocycles. The van der Waals surface area contributed by atoms with Crippen molar-refractivity contribution < 1.29 is 0 Å². The summed E-state index contributed by atoms with van der Waals surface area (Å²) in [7, 11) is 0. The third-order valence-electron chi connectivity index (χ3n) is 9.76. The Morgan fingerprint density at radius 2 is 1.22 bits per heavy atom. The van der Waals surface area contributed by atoms with Crippen LogP contribution >= 0.6 is 0 Å². The van der Waals surface area contributed by atoms with Gasteiger partial charge in [-0.05, 0) is 94.7 Å². The van der Waals surface area contributed by atoms with E-state index in [9.17, 15) is 0 Å². The number of imidazole rings is 1. The first kappa shape index (κ1) is 25.4. The fourth-order valence-corrected chi connectivity index (χ4v) is 7.81. The minimum absolute atomic E-state index is 0.946. The largest absolute Gasteiger partial charge is 0.309 e. The molecule has 0 spiro atoms. The summed E-state index contributed by atoms with van der Waals surface area (Å²) in [4.78, 5) is 5.20. The molecule has 46 heavy (non-hydrogen) atoms. The van der Waals surface area contributed by atoms with Crippen LogP contribution < -0.4 is 0 Å². The molecule has 0 saturated carbocycles. The number of hydrogen-bond donors (Lipinski definition) is 0. The van der Waals surface area contributed by atoms with Crippen LogP contribution in [-0.2, 0) is 6.42 Å². The summed E-state index contributed by atoms with van der Waals surface area (Å²) in [6, 6.07) is 50.3. The van der Waals surface area contributed by atoms with Crippen LogP contribution in [0, 0.1) is 0 Å². The molecule has 0 N–H and O–H groups in total. The Labute approximate surface area is 266 Å². The van der Waals surface area contributed by atoms with Crippen molar-refractivity contribution in [3.8, 4) is 22.8 Å². The maximum absolute atomic E-state index is 5.20. The number of rotatable bonds is 3. The molecule has 0 radical (unpaired) electrons. The molecular formula is C43H29N3. The third-order valence-corrected chi connectivity index (χ3v) is 9.76. The van der Waals surface area contributed by atoms with Crippen LogP contribution in [0.3, 0.4) is 0 Å². The lowest BCUT2D eigenvalue weighted by Gasteiger charge is -2.19. The molecule has 0 amide bonds. The average molecular weight is 588 g/mol. The van der Waals surface area contributed by atoms with E-state index in [1.54, 1.807) is 0 Å². The summed E-state index contributed by atoms with van der Waals surface area (Å²) in [5.74, 6) is 0.946. The van der Waals surface area contributed by atoms with E-state index in [0.717, 1.165) is 41.0 Å². The van der Waals surface area contributed by atoms with E-state index in [1.165, 1.54) is 60.2 Å². The molecule has 0 unspecified atom stereocenters. The normalized spacial score (nSPS) is 13.0. The number of nitrogens with zero attached hydrogens (tertiary/aromatic N) is 3. The fraction of sp³-hybridized carbons (Fsp3) is 0.0465. The summed E-state index contributed by atoms with van der Waals surface area (Å²) >= 11 is 0. The van der Waals surface area contributed by atoms with Crippen molar-refractivity contribution in [2.45, 2.75) is 12.8 Å². The average Bonchev–Trinajstić information content (AvgIpc) is 3.68. The number of fused-ring (bicyclic) bond motifs is 11. The second-order valence-electron chi connectivity index (χ2n) is 12.3. The van der Waals surface area contributed by atoms with E-state index >= 15 is 0 Å². The fourth-order valence-electron chi connectivity index (χ4n) is 7.81. The maximum Gasteiger partial charge on any atom is 0.145 e. The van der Waals surface area contributed by atoms with Crippen LogP contribution in [0.2, 0.25) is 0 Å². The van der Waals surface area contributed by atoms with Crippen molar-refractivity contribution in [1.29, 1.82) is 0 Å². The Morgan fingerprint density at radius 3 is 2.04 bits per heavy atom. The van der Waals surface area contributed by atoms with Crippen LogP contribution in [-0.4, -0.2) is 14.1 Å². The van der Waals surface area contributed by atoms with E-state index in [-0.39, 0.29) is 0 Å². The van der Waals surface area contributed by atoms with Gasteiger partial charge in [-0.25, -0.2) is 4.98 Å². The number of allylic oxidation sites excluding steroid dienone is 1. The molecule has 7 aromatic carbocycles. The molecule has 0 atom stereocenters. The molecule has 9 aromatic rings. The first-order valence-corrected chi connectivity index (χ1v) is 16.0. The number of benzene rings is 7. The lowest BCUT2D eigenvalue weighted by atomic mass is 9.86. The van der Waals surface area contributed by atoms with Crippen LogP contribution in [0.1, 0.15) is 17.5 Å². The number of hydrogen-bond acceptors (Lipinski definition) is 1. The van der Waals surface area contributed by atoms with Gasteiger partial charge in [-0.1, -0.05) is 97.1 Å². The van der Waals surface area contributed by atoms with Gasteiger partial charge in [0.2, 0.25) is 0 Å². The van der Waals surface area contributed by atoms with Gasteiger partial charge in [0.25, 0.3) is 0 Å². The second kappa shape index (κ2) is 9.79. The van der Waals surface area contributed by atoms with E-state index in [0.29, 0.717) is 0 Å². The Morgan fingerprint density at radius 1 is 0.522 bits per heavy atom. The standard InChI is InChI=1S/C43H29N3/c1-3-13-29(14-4-1)45-39-26-23-28(43-44-38-21-11-12-22-40(38)46(43)30-15-5-2-6-16-30)27-37(39)36-25-24-35-33-19-8-7-17-31(33)32-18-9-10-20-34(32)41(35)42(36)45/h1-8,10-17,19-27H,9,18H2. The van der Waals surface area contributed by atoms with Gasteiger partial charge in [0.15, 0.2) is 0 Å². The molecule has 0 bridgehead atoms. The van der Waals surface area contributed by atoms with Crippen LogP contribution in [0.5, 0.6) is 0 Å². The van der Waals surface area contributed by atoms with Gasteiger partial charge >= 0.3 is 0 Å². The zero-order valence-corrected chi connectivity index (χ0v) is 25.2. The Balaban J connectivity index is 1.35. The molecular weight excluding hydrogens is 558 g/mol. The monoisotopic (exact) mass is 587 g/mol. The number of para-hydroxylation sites is 4. The summed E-state index contributed by atoms with van der Waals surface area (Å²) in [6.07, 6.45) is 6.85. The number of aryl methyl sites for hydroxylation is 1. The predicted octanol–water partition coefficient (Wildman–Crippen LogP) is 11.1. The van der Waals surface area contributed by atoms with E-state index < -0.39 is 0 Å². The van der Waals surface area contributed by atoms with E-state index in [1.807, 2.05) is 0 Å². The van der Waals surface area contributed by atoms with E-state index in [2.05, 4.69) is 161 Å². The summed E-state index contributed by atoms with van der Waals surface area (Å²) < 4.78 is 4.77. The first-order valence-electron chi connectivity index (χ1n) is 16.0. The van der Waals surface area contributed by atoms with Gasteiger partial charge < -0.3 is 4.57 Å².